The van der Waals surface area contributed by atoms with Crippen LogP contribution in [0, 0.1) is 6.92 Å². The van der Waals surface area contributed by atoms with Crippen molar-refractivity contribution < 1.29 is 4.79 Å². The molecule has 0 spiro atoms. The van der Waals surface area contributed by atoms with Crippen LogP contribution in [0.2, 0.25) is 0 Å². The van der Waals surface area contributed by atoms with Crippen LogP contribution < -0.4 is 10.2 Å². The summed E-state index contributed by atoms with van der Waals surface area (Å²) in [5.41, 5.74) is 3.41. The van der Waals surface area contributed by atoms with E-state index in [2.05, 4.69) is 58.3 Å². The number of amides is 1. The standard InChI is InChI=1S/C23H33N5O/c1-4-13-28(14-5-2)22(29)21-17-18(3)24-23(26-21)25-19-9-11-20(12-10-19)27-15-7-6-8-16-27/h9-12,17H,4-8,13-16H2,1-3H3,(H,24,25,26). The lowest BCUT2D eigenvalue weighted by Gasteiger charge is -2.28. The van der Waals surface area contributed by atoms with Crippen LogP contribution in [0.4, 0.5) is 17.3 Å². The van der Waals surface area contributed by atoms with Gasteiger partial charge in [-0.3, -0.25) is 4.79 Å². The highest BCUT2D eigenvalue weighted by Gasteiger charge is 2.17. The Balaban J connectivity index is 1.73. The molecule has 1 aliphatic heterocycles. The van der Waals surface area contributed by atoms with Crippen LogP contribution in [-0.4, -0.2) is 47.0 Å². The Bertz CT molecular complexity index is 793. The van der Waals surface area contributed by atoms with E-state index in [0.29, 0.717) is 11.6 Å². The van der Waals surface area contributed by atoms with Gasteiger partial charge in [0.1, 0.15) is 5.69 Å². The molecule has 6 heteroatoms. The highest BCUT2D eigenvalue weighted by atomic mass is 16.2. The average molecular weight is 396 g/mol. The molecule has 29 heavy (non-hydrogen) atoms. The van der Waals surface area contributed by atoms with Gasteiger partial charge in [0.15, 0.2) is 0 Å². The van der Waals surface area contributed by atoms with Crippen molar-refractivity contribution >= 4 is 23.2 Å². The Kier molecular flexibility index (Phi) is 7.44. The first-order valence-corrected chi connectivity index (χ1v) is 10.9. The number of nitrogens with one attached hydrogen (secondary N) is 1. The number of aryl methyl sites for hydroxylation is 1. The van der Waals surface area contributed by atoms with Crippen molar-refractivity contribution in [2.45, 2.75) is 52.9 Å². The molecule has 0 saturated carbocycles. The number of rotatable bonds is 8. The molecule has 1 fully saturated rings. The molecule has 0 bridgehead atoms. The predicted molar refractivity (Wildman–Crippen MR) is 119 cm³/mol. The van der Waals surface area contributed by atoms with Crippen molar-refractivity contribution in [1.82, 2.24) is 14.9 Å². The molecule has 0 radical (unpaired) electrons. The van der Waals surface area contributed by atoms with Gasteiger partial charge in [-0.25, -0.2) is 9.97 Å². The first kappa shape index (κ1) is 21.1. The second-order valence-corrected chi connectivity index (χ2v) is 7.73. The van der Waals surface area contributed by atoms with Gasteiger partial charge in [-0.2, -0.15) is 0 Å². The van der Waals surface area contributed by atoms with E-state index < -0.39 is 0 Å². The highest BCUT2D eigenvalue weighted by Crippen LogP contribution is 2.23. The Labute approximate surface area is 174 Å². The third kappa shape index (κ3) is 5.68. The van der Waals surface area contributed by atoms with E-state index in [1.165, 1.54) is 24.9 Å². The van der Waals surface area contributed by atoms with Crippen molar-refractivity contribution in [3.8, 4) is 0 Å². The largest absolute Gasteiger partial charge is 0.372 e. The maximum absolute atomic E-state index is 12.9. The summed E-state index contributed by atoms with van der Waals surface area (Å²) in [6.45, 7) is 9.82. The van der Waals surface area contributed by atoms with Crippen LogP contribution in [-0.2, 0) is 0 Å². The molecule has 0 atom stereocenters. The zero-order chi connectivity index (χ0) is 20.6. The van der Waals surface area contributed by atoms with Gasteiger partial charge in [-0.15, -0.1) is 0 Å². The normalized spacial score (nSPS) is 14.0. The van der Waals surface area contributed by atoms with Gasteiger partial charge in [-0.05, 0) is 69.4 Å². The first-order chi connectivity index (χ1) is 14.1. The summed E-state index contributed by atoms with van der Waals surface area (Å²) < 4.78 is 0. The van der Waals surface area contributed by atoms with Crippen molar-refractivity contribution in [2.75, 3.05) is 36.4 Å². The van der Waals surface area contributed by atoms with Gasteiger partial charge in [0.2, 0.25) is 5.95 Å². The van der Waals surface area contributed by atoms with Crippen molar-refractivity contribution in [3.05, 3.63) is 41.7 Å². The Morgan fingerprint density at radius 1 is 1.03 bits per heavy atom. The molecule has 1 N–H and O–H groups in total. The summed E-state index contributed by atoms with van der Waals surface area (Å²) in [5, 5.41) is 3.26. The van der Waals surface area contributed by atoms with Gasteiger partial charge in [0.25, 0.3) is 5.91 Å². The zero-order valence-electron chi connectivity index (χ0n) is 17.9. The quantitative estimate of drug-likeness (QED) is 0.697. The van der Waals surface area contributed by atoms with Crippen molar-refractivity contribution in [2.24, 2.45) is 0 Å². The highest BCUT2D eigenvalue weighted by molar-refractivity contribution is 5.92. The molecule has 3 rings (SSSR count). The molecule has 2 aromatic rings. The minimum absolute atomic E-state index is 0.0253. The van der Waals surface area contributed by atoms with Crippen LogP contribution in [0.15, 0.2) is 30.3 Å². The van der Waals surface area contributed by atoms with Crippen LogP contribution >= 0.6 is 0 Å². The van der Waals surface area contributed by atoms with Crippen LogP contribution in [0.3, 0.4) is 0 Å². The van der Waals surface area contributed by atoms with E-state index in [9.17, 15) is 4.79 Å². The lowest BCUT2D eigenvalue weighted by molar-refractivity contribution is 0.0749. The van der Waals surface area contributed by atoms with Crippen LogP contribution in [0.1, 0.15) is 62.1 Å². The number of piperidine rings is 1. The Hall–Kier alpha value is -2.63. The predicted octanol–water partition coefficient (Wildman–Crippen LogP) is 4.78. The number of benzene rings is 1. The average Bonchev–Trinajstić information content (AvgIpc) is 2.74. The van der Waals surface area contributed by atoms with Gasteiger partial charge < -0.3 is 15.1 Å². The van der Waals surface area contributed by atoms with Crippen molar-refractivity contribution in [3.63, 3.8) is 0 Å². The molecular formula is C23H33N5O. The summed E-state index contributed by atoms with van der Waals surface area (Å²) in [5.74, 6) is 0.440. The molecule has 0 aliphatic carbocycles. The smallest absolute Gasteiger partial charge is 0.272 e. The summed E-state index contributed by atoms with van der Waals surface area (Å²) in [7, 11) is 0. The lowest BCUT2D eigenvalue weighted by Crippen LogP contribution is -2.33. The first-order valence-electron chi connectivity index (χ1n) is 10.9. The van der Waals surface area contributed by atoms with E-state index in [1.807, 2.05) is 11.8 Å². The topological polar surface area (TPSA) is 61.4 Å². The minimum atomic E-state index is -0.0253. The molecule has 1 saturated heterocycles. The van der Waals surface area contributed by atoms with Gasteiger partial charge in [0, 0.05) is 43.2 Å². The third-order valence-corrected chi connectivity index (χ3v) is 5.19. The number of aromatic nitrogens is 2. The fraction of sp³-hybridized carbons (Fsp3) is 0.522. The number of carbonyl (C=O) groups excluding carboxylic acids is 1. The number of carbonyl (C=O) groups is 1. The fourth-order valence-corrected chi connectivity index (χ4v) is 3.79. The van der Waals surface area contributed by atoms with E-state index >= 15 is 0 Å². The molecule has 0 unspecified atom stereocenters. The molecular weight excluding hydrogens is 362 g/mol. The second-order valence-electron chi connectivity index (χ2n) is 7.73. The molecule has 1 aromatic carbocycles. The Morgan fingerprint density at radius 3 is 2.31 bits per heavy atom. The fourth-order valence-electron chi connectivity index (χ4n) is 3.79. The molecule has 6 nitrogen and oxygen atoms in total. The SMILES string of the molecule is CCCN(CCC)C(=O)c1cc(C)nc(Nc2ccc(N3CCCCC3)cc2)n1. The zero-order valence-corrected chi connectivity index (χ0v) is 17.9. The molecule has 1 aromatic heterocycles. The summed E-state index contributed by atoms with van der Waals surface area (Å²) >= 11 is 0. The van der Waals surface area contributed by atoms with Crippen LogP contribution in [0.5, 0.6) is 0 Å². The van der Waals surface area contributed by atoms with Gasteiger partial charge >= 0.3 is 0 Å². The van der Waals surface area contributed by atoms with E-state index in [-0.39, 0.29) is 5.91 Å². The van der Waals surface area contributed by atoms with Crippen LogP contribution in [0.25, 0.3) is 0 Å². The maximum Gasteiger partial charge on any atom is 0.272 e. The number of nitrogens with zero attached hydrogens (tertiary/aromatic N) is 4. The maximum atomic E-state index is 12.9. The number of anilines is 3. The summed E-state index contributed by atoms with van der Waals surface area (Å²) in [6.07, 6.45) is 5.73. The molecule has 156 valence electrons. The summed E-state index contributed by atoms with van der Waals surface area (Å²) in [4.78, 5) is 26.2. The summed E-state index contributed by atoms with van der Waals surface area (Å²) in [6, 6.07) is 10.2. The lowest BCUT2D eigenvalue weighted by atomic mass is 10.1. The molecule has 1 aliphatic rings. The molecule has 1 amide bonds. The van der Waals surface area contributed by atoms with E-state index in [4.69, 9.17) is 0 Å². The number of hydrogen-bond acceptors (Lipinski definition) is 5. The van der Waals surface area contributed by atoms with E-state index in [0.717, 1.165) is 50.4 Å². The minimum Gasteiger partial charge on any atom is -0.372 e. The van der Waals surface area contributed by atoms with Crippen molar-refractivity contribution in [1.29, 1.82) is 0 Å². The van der Waals surface area contributed by atoms with E-state index in [1.54, 1.807) is 6.07 Å². The Morgan fingerprint density at radius 2 is 1.69 bits per heavy atom. The second kappa shape index (κ2) is 10.2. The van der Waals surface area contributed by atoms with Gasteiger partial charge in [-0.1, -0.05) is 13.8 Å². The van der Waals surface area contributed by atoms with Gasteiger partial charge in [0.05, 0.1) is 0 Å². The monoisotopic (exact) mass is 395 g/mol. The number of hydrogen-bond donors (Lipinski definition) is 1. The third-order valence-electron chi connectivity index (χ3n) is 5.19. The molecule has 2 heterocycles.